The molecule has 0 unspecified atom stereocenters. The van der Waals surface area contributed by atoms with E-state index in [-0.39, 0.29) is 0 Å². The number of thioether (sulfide) groups is 1. The van der Waals surface area contributed by atoms with Crippen LogP contribution in [0.2, 0.25) is 0 Å². The fourth-order valence-electron chi connectivity index (χ4n) is 2.36. The lowest BCUT2D eigenvalue weighted by Crippen LogP contribution is -2.05. The Kier molecular flexibility index (Phi) is 6.21. The van der Waals surface area contributed by atoms with Crippen LogP contribution < -0.4 is 9.47 Å². The van der Waals surface area contributed by atoms with Crippen LogP contribution in [0.25, 0.3) is 0 Å². The van der Waals surface area contributed by atoms with Crippen molar-refractivity contribution in [2.24, 2.45) is 7.05 Å². The van der Waals surface area contributed by atoms with Gasteiger partial charge < -0.3 is 14.0 Å². The number of benzene rings is 2. The molecule has 0 N–H and O–H groups in total. The lowest BCUT2D eigenvalue weighted by Gasteiger charge is -2.11. The van der Waals surface area contributed by atoms with Crippen molar-refractivity contribution < 1.29 is 9.47 Å². The van der Waals surface area contributed by atoms with Crippen molar-refractivity contribution in [3.63, 3.8) is 0 Å². The summed E-state index contributed by atoms with van der Waals surface area (Å²) in [6, 6.07) is 14.1. The van der Waals surface area contributed by atoms with Gasteiger partial charge in [-0.1, -0.05) is 45.9 Å². The van der Waals surface area contributed by atoms with E-state index >= 15 is 0 Å². The second kappa shape index (κ2) is 8.60. The molecule has 3 aromatic rings. The fourth-order valence-corrected chi connectivity index (χ4v) is 3.51. The highest BCUT2D eigenvalue weighted by Crippen LogP contribution is 2.29. The van der Waals surface area contributed by atoms with Crippen molar-refractivity contribution in [2.45, 2.75) is 24.4 Å². The molecule has 0 saturated carbocycles. The number of methoxy groups -OCH3 is 1. The van der Waals surface area contributed by atoms with Gasteiger partial charge in [-0.05, 0) is 42.3 Å². The topological polar surface area (TPSA) is 49.2 Å². The van der Waals surface area contributed by atoms with Crippen LogP contribution in [0.3, 0.4) is 0 Å². The molecule has 0 bridgehead atoms. The molecule has 0 aliphatic heterocycles. The Morgan fingerprint density at radius 1 is 1.08 bits per heavy atom. The molecular formula is C19H20BrN3O2S. The van der Waals surface area contributed by atoms with E-state index in [0.29, 0.717) is 12.4 Å². The van der Waals surface area contributed by atoms with Gasteiger partial charge in [0, 0.05) is 17.3 Å². The van der Waals surface area contributed by atoms with Gasteiger partial charge in [0.15, 0.2) is 22.5 Å². The average Bonchev–Trinajstić information content (AvgIpc) is 3.00. The largest absolute Gasteiger partial charge is 0.493 e. The summed E-state index contributed by atoms with van der Waals surface area (Å²) < 4.78 is 14.3. The summed E-state index contributed by atoms with van der Waals surface area (Å²) in [5.41, 5.74) is 2.36. The quantitative estimate of drug-likeness (QED) is 0.502. The van der Waals surface area contributed by atoms with E-state index in [0.717, 1.165) is 32.5 Å². The van der Waals surface area contributed by atoms with Crippen LogP contribution >= 0.6 is 27.7 Å². The van der Waals surface area contributed by atoms with Crippen molar-refractivity contribution in [1.29, 1.82) is 0 Å². The van der Waals surface area contributed by atoms with E-state index < -0.39 is 0 Å². The van der Waals surface area contributed by atoms with Crippen molar-refractivity contribution in [3.8, 4) is 11.5 Å². The summed E-state index contributed by atoms with van der Waals surface area (Å²) in [5, 5.41) is 9.39. The Morgan fingerprint density at radius 2 is 1.85 bits per heavy atom. The summed E-state index contributed by atoms with van der Waals surface area (Å²) in [5.74, 6) is 3.03. The van der Waals surface area contributed by atoms with Crippen molar-refractivity contribution >= 4 is 27.7 Å². The normalized spacial score (nSPS) is 10.8. The lowest BCUT2D eigenvalue weighted by molar-refractivity contribution is 0.272. The van der Waals surface area contributed by atoms with E-state index in [1.54, 1.807) is 18.9 Å². The molecule has 0 saturated heterocycles. The predicted molar refractivity (Wildman–Crippen MR) is 107 cm³/mol. The third-order valence-corrected chi connectivity index (χ3v) is 5.50. The molecule has 26 heavy (non-hydrogen) atoms. The molecular weight excluding hydrogens is 414 g/mol. The van der Waals surface area contributed by atoms with Crippen LogP contribution in [0.15, 0.2) is 52.1 Å². The maximum Gasteiger partial charge on any atom is 0.191 e. The summed E-state index contributed by atoms with van der Waals surface area (Å²) in [6.07, 6.45) is 0. The first-order valence-electron chi connectivity index (χ1n) is 8.10. The minimum absolute atomic E-state index is 0.335. The van der Waals surface area contributed by atoms with Crippen molar-refractivity contribution in [1.82, 2.24) is 14.8 Å². The first-order chi connectivity index (χ1) is 12.6. The summed E-state index contributed by atoms with van der Waals surface area (Å²) in [6.45, 7) is 2.35. The molecule has 0 aliphatic carbocycles. The monoisotopic (exact) mass is 433 g/mol. The summed E-state index contributed by atoms with van der Waals surface area (Å²) >= 11 is 5.10. The minimum Gasteiger partial charge on any atom is -0.493 e. The highest BCUT2D eigenvalue weighted by molar-refractivity contribution is 9.10. The van der Waals surface area contributed by atoms with Gasteiger partial charge in [0.1, 0.15) is 6.61 Å². The Bertz CT molecular complexity index is 881. The zero-order chi connectivity index (χ0) is 18.5. The number of hydrogen-bond acceptors (Lipinski definition) is 5. The van der Waals surface area contributed by atoms with Crippen LogP contribution in [0.1, 0.15) is 17.0 Å². The highest BCUT2D eigenvalue weighted by atomic mass is 79.9. The standard InChI is InChI=1S/C19H20BrN3O2S/c1-13-4-9-16(17(10-13)24-3)25-11-18-21-22-19(23(18)2)26-12-14-5-7-15(20)8-6-14/h4-10H,11-12H2,1-3H3. The number of aromatic nitrogens is 3. The van der Waals surface area contributed by atoms with Crippen LogP contribution in [-0.2, 0) is 19.4 Å². The minimum atomic E-state index is 0.335. The molecule has 3 rings (SSSR count). The third-order valence-electron chi connectivity index (χ3n) is 3.88. The smallest absolute Gasteiger partial charge is 0.191 e. The molecule has 136 valence electrons. The van der Waals surface area contributed by atoms with Crippen LogP contribution in [0.5, 0.6) is 11.5 Å². The number of rotatable bonds is 7. The van der Waals surface area contributed by atoms with Gasteiger partial charge in [-0.3, -0.25) is 0 Å². The molecule has 0 atom stereocenters. The second-order valence-corrected chi connectivity index (χ2v) is 7.67. The van der Waals surface area contributed by atoms with Crippen LogP contribution in [0, 0.1) is 6.92 Å². The van der Waals surface area contributed by atoms with E-state index in [9.17, 15) is 0 Å². The Hall–Kier alpha value is -1.99. The van der Waals surface area contributed by atoms with Gasteiger partial charge in [-0.2, -0.15) is 0 Å². The Labute approximate surface area is 165 Å². The Balaban J connectivity index is 1.63. The van der Waals surface area contributed by atoms with E-state index in [1.807, 2.05) is 48.9 Å². The number of nitrogens with zero attached hydrogens (tertiary/aromatic N) is 3. The van der Waals surface area contributed by atoms with Gasteiger partial charge in [0.05, 0.1) is 7.11 Å². The van der Waals surface area contributed by atoms with Crippen LogP contribution in [-0.4, -0.2) is 21.9 Å². The number of aryl methyl sites for hydroxylation is 1. The van der Waals surface area contributed by atoms with Gasteiger partial charge in [0.25, 0.3) is 0 Å². The number of halogens is 1. The van der Waals surface area contributed by atoms with Crippen molar-refractivity contribution in [2.75, 3.05) is 7.11 Å². The molecule has 5 nitrogen and oxygen atoms in total. The van der Waals surface area contributed by atoms with Crippen LogP contribution in [0.4, 0.5) is 0 Å². The lowest BCUT2D eigenvalue weighted by atomic mass is 10.2. The fraction of sp³-hybridized carbons (Fsp3) is 0.263. The Morgan fingerprint density at radius 3 is 2.58 bits per heavy atom. The zero-order valence-corrected chi connectivity index (χ0v) is 17.3. The second-order valence-electron chi connectivity index (χ2n) is 5.82. The third kappa shape index (κ3) is 4.59. The average molecular weight is 434 g/mol. The summed E-state index contributed by atoms with van der Waals surface area (Å²) in [7, 11) is 3.59. The SMILES string of the molecule is COc1cc(C)ccc1OCc1nnc(SCc2ccc(Br)cc2)n1C. The molecule has 0 spiro atoms. The number of hydrogen-bond donors (Lipinski definition) is 0. The van der Waals surface area contributed by atoms with E-state index in [2.05, 4.69) is 38.3 Å². The van der Waals surface area contributed by atoms with Gasteiger partial charge in [-0.15, -0.1) is 10.2 Å². The highest BCUT2D eigenvalue weighted by Gasteiger charge is 2.12. The molecule has 0 aliphatic rings. The van der Waals surface area contributed by atoms with Gasteiger partial charge >= 0.3 is 0 Å². The van der Waals surface area contributed by atoms with Gasteiger partial charge in [0.2, 0.25) is 0 Å². The first-order valence-corrected chi connectivity index (χ1v) is 9.87. The van der Waals surface area contributed by atoms with E-state index in [4.69, 9.17) is 9.47 Å². The number of ether oxygens (including phenoxy) is 2. The molecule has 0 radical (unpaired) electrons. The predicted octanol–water partition coefficient (Wildman–Crippen LogP) is 4.77. The van der Waals surface area contributed by atoms with Crippen molar-refractivity contribution in [3.05, 3.63) is 63.9 Å². The molecule has 0 fully saturated rings. The van der Waals surface area contributed by atoms with E-state index in [1.165, 1.54) is 5.56 Å². The molecule has 2 aromatic carbocycles. The molecule has 1 aromatic heterocycles. The maximum atomic E-state index is 5.88. The molecule has 1 heterocycles. The summed E-state index contributed by atoms with van der Waals surface area (Å²) in [4.78, 5) is 0. The van der Waals surface area contributed by atoms with Gasteiger partial charge in [-0.25, -0.2) is 0 Å². The molecule has 0 amide bonds. The maximum absolute atomic E-state index is 5.88. The zero-order valence-electron chi connectivity index (χ0n) is 14.9. The molecule has 7 heteroatoms. The first kappa shape index (κ1) is 18.8.